The van der Waals surface area contributed by atoms with Crippen LogP contribution in [0.15, 0.2) is 40.7 Å². The number of nitrogens with zero attached hydrogens (tertiary/aromatic N) is 2. The van der Waals surface area contributed by atoms with Gasteiger partial charge < -0.3 is 0 Å². The van der Waals surface area contributed by atoms with Crippen LogP contribution in [0.5, 0.6) is 0 Å². The van der Waals surface area contributed by atoms with Gasteiger partial charge in [-0.15, -0.1) is 0 Å². The summed E-state index contributed by atoms with van der Waals surface area (Å²) in [6, 6.07) is 7.86. The highest BCUT2D eigenvalue weighted by Crippen LogP contribution is 2.29. The number of aryl methyl sites for hydroxylation is 1. The Labute approximate surface area is 98.9 Å². The van der Waals surface area contributed by atoms with Crippen LogP contribution in [-0.2, 0) is 4.79 Å². The molecular weight excluding hydrogens is 220 g/mol. The van der Waals surface area contributed by atoms with Crippen molar-refractivity contribution in [1.29, 1.82) is 0 Å². The summed E-state index contributed by atoms with van der Waals surface area (Å²) in [5, 5.41) is 0.679. The third-order valence-corrected chi connectivity index (χ3v) is 3.27. The molecule has 1 saturated heterocycles. The summed E-state index contributed by atoms with van der Waals surface area (Å²) in [4.78, 5) is 17.9. The zero-order chi connectivity index (χ0) is 11.7. The van der Waals surface area contributed by atoms with E-state index in [0.29, 0.717) is 10.1 Å². The molecule has 0 atom stereocenters. The predicted molar refractivity (Wildman–Crippen MR) is 67.8 cm³/mol. The minimum absolute atomic E-state index is 0.0733. The minimum atomic E-state index is -0.0733. The molecule has 82 valence electrons. The van der Waals surface area contributed by atoms with E-state index in [4.69, 9.17) is 0 Å². The molecule has 1 fully saturated rings. The van der Waals surface area contributed by atoms with Crippen molar-refractivity contribution in [2.45, 2.75) is 6.92 Å². The van der Waals surface area contributed by atoms with Crippen LogP contribution < -0.4 is 0 Å². The van der Waals surface area contributed by atoms with Gasteiger partial charge in [0, 0.05) is 7.05 Å². The Morgan fingerprint density at radius 3 is 2.44 bits per heavy atom. The Hall–Kier alpha value is -1.55. The van der Waals surface area contributed by atoms with E-state index in [-0.39, 0.29) is 5.91 Å². The number of hydrogen-bond donors (Lipinski definition) is 0. The molecule has 0 unspecified atom stereocenters. The largest absolute Gasteiger partial charge is 0.290 e. The first-order valence-electron chi connectivity index (χ1n) is 4.88. The fourth-order valence-corrected chi connectivity index (χ4v) is 2.14. The first kappa shape index (κ1) is 11.0. The number of hydrogen-bond acceptors (Lipinski definition) is 3. The molecule has 4 heteroatoms. The Morgan fingerprint density at radius 2 is 1.94 bits per heavy atom. The van der Waals surface area contributed by atoms with Gasteiger partial charge in [-0.25, -0.2) is 4.99 Å². The van der Waals surface area contributed by atoms with E-state index in [9.17, 15) is 4.79 Å². The predicted octanol–water partition coefficient (Wildman–Crippen LogP) is 2.70. The van der Waals surface area contributed by atoms with Crippen LogP contribution >= 0.6 is 11.8 Å². The Bertz CT molecular complexity index is 476. The van der Waals surface area contributed by atoms with E-state index >= 15 is 0 Å². The van der Waals surface area contributed by atoms with Crippen molar-refractivity contribution >= 4 is 28.5 Å². The standard InChI is InChI=1S/C12H12N2OS/c1-8-4-6-10(7-5-8)13-12-14(3)11(15)9(2)16-12/h4-7H,2H2,1,3H3. The molecule has 16 heavy (non-hydrogen) atoms. The highest BCUT2D eigenvalue weighted by molar-refractivity contribution is 8.18. The lowest BCUT2D eigenvalue weighted by Gasteiger charge is -2.07. The summed E-state index contributed by atoms with van der Waals surface area (Å²) in [5.41, 5.74) is 2.04. The Balaban J connectivity index is 2.29. The van der Waals surface area contributed by atoms with Crippen molar-refractivity contribution in [1.82, 2.24) is 4.90 Å². The number of carbonyl (C=O) groups excluding carboxylic acids is 1. The van der Waals surface area contributed by atoms with Crippen LogP contribution in [0, 0.1) is 6.92 Å². The smallest absolute Gasteiger partial charge is 0.265 e. The maximum atomic E-state index is 11.5. The first-order valence-corrected chi connectivity index (χ1v) is 5.70. The number of carbonyl (C=O) groups is 1. The quantitative estimate of drug-likeness (QED) is 0.697. The average molecular weight is 232 g/mol. The lowest BCUT2D eigenvalue weighted by molar-refractivity contribution is -0.121. The molecule has 1 heterocycles. The van der Waals surface area contributed by atoms with E-state index < -0.39 is 0 Å². The average Bonchev–Trinajstić information content (AvgIpc) is 2.50. The van der Waals surface area contributed by atoms with Gasteiger partial charge in [0.05, 0.1) is 10.6 Å². The molecule has 1 aromatic rings. The molecule has 0 bridgehead atoms. The second-order valence-electron chi connectivity index (χ2n) is 3.62. The third kappa shape index (κ3) is 2.02. The van der Waals surface area contributed by atoms with E-state index in [0.717, 1.165) is 5.69 Å². The number of amidine groups is 1. The normalized spacial score (nSPS) is 18.6. The Kier molecular flexibility index (Phi) is 2.83. The van der Waals surface area contributed by atoms with Crippen molar-refractivity contribution in [3.63, 3.8) is 0 Å². The van der Waals surface area contributed by atoms with Gasteiger partial charge in [-0.3, -0.25) is 9.69 Å². The summed E-state index contributed by atoms with van der Waals surface area (Å²) < 4.78 is 0. The summed E-state index contributed by atoms with van der Waals surface area (Å²) >= 11 is 1.31. The third-order valence-electron chi connectivity index (χ3n) is 2.30. The van der Waals surface area contributed by atoms with Gasteiger partial charge in [-0.05, 0) is 30.8 Å². The van der Waals surface area contributed by atoms with E-state index in [2.05, 4.69) is 11.6 Å². The second kappa shape index (κ2) is 4.14. The fourth-order valence-electron chi connectivity index (χ4n) is 1.32. The molecule has 0 N–H and O–H groups in total. The van der Waals surface area contributed by atoms with Crippen LogP contribution in [0.4, 0.5) is 5.69 Å². The molecule has 2 rings (SSSR count). The van der Waals surface area contributed by atoms with Gasteiger partial charge in [0.15, 0.2) is 5.17 Å². The lowest BCUT2D eigenvalue weighted by Crippen LogP contribution is -2.23. The summed E-state index contributed by atoms with van der Waals surface area (Å²) in [6.07, 6.45) is 0. The number of rotatable bonds is 1. The second-order valence-corrected chi connectivity index (χ2v) is 4.68. The number of amides is 1. The van der Waals surface area contributed by atoms with Crippen molar-refractivity contribution in [2.24, 2.45) is 4.99 Å². The van der Waals surface area contributed by atoms with Crippen LogP contribution in [0.1, 0.15) is 5.56 Å². The molecule has 0 radical (unpaired) electrons. The van der Waals surface area contributed by atoms with Crippen LogP contribution in [0.3, 0.4) is 0 Å². The summed E-state index contributed by atoms with van der Waals surface area (Å²) in [7, 11) is 1.71. The minimum Gasteiger partial charge on any atom is -0.290 e. The van der Waals surface area contributed by atoms with Crippen molar-refractivity contribution < 1.29 is 4.79 Å². The fraction of sp³-hybridized carbons (Fsp3) is 0.167. The molecule has 0 saturated carbocycles. The van der Waals surface area contributed by atoms with Crippen molar-refractivity contribution in [3.8, 4) is 0 Å². The van der Waals surface area contributed by atoms with Gasteiger partial charge in [0.2, 0.25) is 0 Å². The number of likely N-dealkylation sites (N-methyl/N-ethyl adjacent to an activating group) is 1. The van der Waals surface area contributed by atoms with E-state index in [1.54, 1.807) is 7.05 Å². The summed E-state index contributed by atoms with van der Waals surface area (Å²) in [5.74, 6) is -0.0733. The zero-order valence-corrected chi connectivity index (χ0v) is 10.0. The molecule has 1 aliphatic rings. The Morgan fingerprint density at radius 1 is 1.31 bits per heavy atom. The number of aliphatic imine (C=N–C) groups is 1. The van der Waals surface area contributed by atoms with Crippen LogP contribution in [-0.4, -0.2) is 23.0 Å². The van der Waals surface area contributed by atoms with Gasteiger partial charge >= 0.3 is 0 Å². The number of thioether (sulfide) groups is 1. The highest BCUT2D eigenvalue weighted by Gasteiger charge is 2.28. The molecule has 0 spiro atoms. The SMILES string of the molecule is C=C1SC(=Nc2ccc(C)cc2)N(C)C1=O. The van der Waals surface area contributed by atoms with Crippen molar-refractivity contribution in [2.75, 3.05) is 7.05 Å². The van der Waals surface area contributed by atoms with Crippen LogP contribution in [0.25, 0.3) is 0 Å². The van der Waals surface area contributed by atoms with E-state index in [1.807, 2.05) is 31.2 Å². The zero-order valence-electron chi connectivity index (χ0n) is 9.23. The van der Waals surface area contributed by atoms with E-state index in [1.165, 1.54) is 22.2 Å². The highest BCUT2D eigenvalue weighted by atomic mass is 32.2. The molecule has 1 aromatic carbocycles. The monoisotopic (exact) mass is 232 g/mol. The van der Waals surface area contributed by atoms with Gasteiger partial charge in [0.25, 0.3) is 5.91 Å². The number of benzene rings is 1. The topological polar surface area (TPSA) is 32.7 Å². The molecule has 3 nitrogen and oxygen atoms in total. The summed E-state index contributed by atoms with van der Waals surface area (Å²) in [6.45, 7) is 5.71. The molecule has 0 aliphatic carbocycles. The lowest BCUT2D eigenvalue weighted by atomic mass is 10.2. The maximum absolute atomic E-state index is 11.5. The van der Waals surface area contributed by atoms with Crippen LogP contribution in [0.2, 0.25) is 0 Å². The molecule has 1 amide bonds. The molecular formula is C12H12N2OS. The van der Waals surface area contributed by atoms with Gasteiger partial charge in [-0.2, -0.15) is 0 Å². The van der Waals surface area contributed by atoms with Gasteiger partial charge in [-0.1, -0.05) is 24.3 Å². The molecule has 1 aliphatic heterocycles. The molecule has 0 aromatic heterocycles. The van der Waals surface area contributed by atoms with Crippen molar-refractivity contribution in [3.05, 3.63) is 41.3 Å². The maximum Gasteiger partial charge on any atom is 0.265 e. The first-order chi connectivity index (χ1) is 7.58. The van der Waals surface area contributed by atoms with Gasteiger partial charge in [0.1, 0.15) is 0 Å².